The first-order chi connectivity index (χ1) is 16.2. The highest BCUT2D eigenvalue weighted by Crippen LogP contribution is 2.66. The Labute approximate surface area is 204 Å². The zero-order chi connectivity index (χ0) is 24.5. The van der Waals surface area contributed by atoms with E-state index in [0.717, 1.165) is 37.8 Å². The Bertz CT molecular complexity index is 817. The van der Waals surface area contributed by atoms with Crippen molar-refractivity contribution in [2.75, 3.05) is 33.4 Å². The van der Waals surface area contributed by atoms with Crippen LogP contribution in [0.1, 0.15) is 72.1 Å². The molecule has 0 radical (unpaired) electrons. The van der Waals surface area contributed by atoms with Crippen LogP contribution in [0.25, 0.3) is 0 Å². The number of hydrogen-bond donors (Lipinski definition) is 2. The number of alkyl halides is 1. The number of allylic oxidation sites excluding steroid dienone is 1. The van der Waals surface area contributed by atoms with E-state index in [4.69, 9.17) is 4.84 Å². The molecular formula is C27H44FN3O3. The Morgan fingerprint density at radius 3 is 2.76 bits per heavy atom. The van der Waals surface area contributed by atoms with E-state index in [1.165, 1.54) is 29.7 Å². The zero-order valence-corrected chi connectivity index (χ0v) is 21.5. The van der Waals surface area contributed by atoms with Gasteiger partial charge < -0.3 is 15.3 Å². The van der Waals surface area contributed by atoms with E-state index >= 15 is 0 Å². The monoisotopic (exact) mass is 477 g/mol. The summed E-state index contributed by atoms with van der Waals surface area (Å²) in [6.45, 7) is 7.28. The number of nitrogens with zero attached hydrogens (tertiary/aromatic N) is 2. The molecule has 4 aliphatic rings. The number of oxime groups is 1. The molecular weight excluding hydrogens is 433 g/mol. The predicted octanol–water partition coefficient (Wildman–Crippen LogP) is 4.93. The zero-order valence-electron chi connectivity index (χ0n) is 21.5. The fourth-order valence-electron chi connectivity index (χ4n) is 8.20. The quantitative estimate of drug-likeness (QED) is 0.236. The Kier molecular flexibility index (Phi) is 7.73. The molecule has 0 aromatic heterocycles. The topological polar surface area (TPSA) is 74.2 Å². The number of amides is 1. The summed E-state index contributed by atoms with van der Waals surface area (Å²) in [6, 6.07) is 0. The van der Waals surface area contributed by atoms with Crippen molar-refractivity contribution in [2.24, 2.45) is 39.7 Å². The van der Waals surface area contributed by atoms with E-state index < -0.39 is 12.8 Å². The van der Waals surface area contributed by atoms with Crippen molar-refractivity contribution >= 4 is 11.8 Å². The Morgan fingerprint density at radius 2 is 2.03 bits per heavy atom. The third-order valence-corrected chi connectivity index (χ3v) is 10.1. The lowest BCUT2D eigenvalue weighted by Gasteiger charge is -2.58. The Morgan fingerprint density at radius 1 is 1.24 bits per heavy atom. The van der Waals surface area contributed by atoms with E-state index in [2.05, 4.69) is 30.4 Å². The van der Waals surface area contributed by atoms with Crippen molar-refractivity contribution in [3.63, 3.8) is 0 Å². The van der Waals surface area contributed by atoms with Crippen molar-refractivity contribution in [3.05, 3.63) is 11.6 Å². The highest BCUT2D eigenvalue weighted by molar-refractivity contribution is 5.85. The van der Waals surface area contributed by atoms with Crippen LogP contribution in [0.5, 0.6) is 0 Å². The number of carbonyl (C=O) groups is 1. The summed E-state index contributed by atoms with van der Waals surface area (Å²) in [6.07, 6.45) is 10.4. The normalized spacial score (nSPS) is 39.5. The Balaban J connectivity index is 1.45. The molecule has 0 spiro atoms. The van der Waals surface area contributed by atoms with Crippen molar-refractivity contribution in [3.8, 4) is 0 Å². The third kappa shape index (κ3) is 4.55. The standard InChI is InChI=1S/C27H44FN3O3/c1-18(30-34-25(33)31(15-13-28)16-14-29-4)22-7-8-23-21-6-5-19-17-20(32)9-11-26(19,2)24(21)10-12-27(22,23)3/h5,20-24,29,32H,6-17H2,1-4H3/b30-18+/t20-,21-,22+,23-,24-,26-,27+/m0/s1. The van der Waals surface area contributed by atoms with Crippen LogP contribution >= 0.6 is 0 Å². The van der Waals surface area contributed by atoms with Gasteiger partial charge in [-0.15, -0.1) is 0 Å². The van der Waals surface area contributed by atoms with Crippen LogP contribution in [0.15, 0.2) is 16.8 Å². The molecule has 0 bridgehead atoms. The summed E-state index contributed by atoms with van der Waals surface area (Å²) < 4.78 is 12.9. The van der Waals surface area contributed by atoms with Gasteiger partial charge in [0, 0.05) is 19.0 Å². The maximum Gasteiger partial charge on any atom is 0.436 e. The van der Waals surface area contributed by atoms with Gasteiger partial charge in [-0.2, -0.15) is 0 Å². The number of fused-ring (bicyclic) bond motifs is 5. The first-order valence-corrected chi connectivity index (χ1v) is 13.3. The number of carbonyl (C=O) groups excluding carboxylic acids is 1. The van der Waals surface area contributed by atoms with Crippen LogP contribution < -0.4 is 5.32 Å². The smallest absolute Gasteiger partial charge is 0.393 e. The molecule has 0 aromatic carbocycles. The van der Waals surface area contributed by atoms with Gasteiger partial charge in [-0.05, 0) is 93.9 Å². The molecule has 4 rings (SSSR count). The fourth-order valence-corrected chi connectivity index (χ4v) is 8.20. The van der Waals surface area contributed by atoms with Crippen LogP contribution in [0.4, 0.5) is 9.18 Å². The number of halogens is 1. The summed E-state index contributed by atoms with van der Waals surface area (Å²) >= 11 is 0. The van der Waals surface area contributed by atoms with Crippen molar-refractivity contribution < 1.29 is 19.1 Å². The number of rotatable bonds is 7. The summed E-state index contributed by atoms with van der Waals surface area (Å²) in [5.74, 6) is 2.35. The van der Waals surface area contributed by atoms with E-state index in [1.807, 2.05) is 6.92 Å². The molecule has 0 heterocycles. The van der Waals surface area contributed by atoms with Crippen molar-refractivity contribution in [1.29, 1.82) is 0 Å². The van der Waals surface area contributed by atoms with E-state index in [1.54, 1.807) is 7.05 Å². The van der Waals surface area contributed by atoms with Crippen LogP contribution in [-0.2, 0) is 4.84 Å². The first-order valence-electron chi connectivity index (χ1n) is 13.3. The molecule has 34 heavy (non-hydrogen) atoms. The molecule has 1 amide bonds. The number of aliphatic hydroxyl groups excluding tert-OH is 1. The second kappa shape index (κ2) is 10.3. The molecule has 3 saturated carbocycles. The van der Waals surface area contributed by atoms with Gasteiger partial charge in [0.15, 0.2) is 0 Å². The predicted molar refractivity (Wildman–Crippen MR) is 132 cm³/mol. The van der Waals surface area contributed by atoms with Crippen LogP contribution in [0.3, 0.4) is 0 Å². The van der Waals surface area contributed by atoms with Crippen molar-refractivity contribution in [2.45, 2.75) is 78.2 Å². The SMILES string of the molecule is CNCCN(CCF)C(=O)O/N=C(\C)[C@H]1CC[C@H]2[C@@H]3CC=C4C[C@@H](O)CC[C@]4(C)[C@H]3CC[C@]12C. The minimum Gasteiger partial charge on any atom is -0.393 e. The largest absolute Gasteiger partial charge is 0.436 e. The number of aliphatic hydroxyl groups is 1. The molecule has 0 aromatic rings. The van der Waals surface area contributed by atoms with Gasteiger partial charge in [0.25, 0.3) is 0 Å². The van der Waals surface area contributed by atoms with Gasteiger partial charge in [0.05, 0.1) is 18.4 Å². The van der Waals surface area contributed by atoms with Crippen LogP contribution in [-0.4, -0.2) is 61.3 Å². The Hall–Kier alpha value is -1.47. The van der Waals surface area contributed by atoms with Crippen LogP contribution in [0.2, 0.25) is 0 Å². The lowest BCUT2D eigenvalue weighted by molar-refractivity contribution is -0.0426. The highest BCUT2D eigenvalue weighted by Gasteiger charge is 2.59. The van der Waals surface area contributed by atoms with Gasteiger partial charge in [-0.1, -0.05) is 30.7 Å². The molecule has 4 aliphatic carbocycles. The van der Waals surface area contributed by atoms with Gasteiger partial charge in [-0.25, -0.2) is 9.18 Å². The van der Waals surface area contributed by atoms with Gasteiger partial charge in [0.2, 0.25) is 0 Å². The fraction of sp³-hybridized carbons (Fsp3) is 0.852. The second-order valence-electron chi connectivity index (χ2n) is 11.7. The molecule has 0 aliphatic heterocycles. The molecule has 6 nitrogen and oxygen atoms in total. The van der Waals surface area contributed by atoms with Gasteiger partial charge >= 0.3 is 6.09 Å². The van der Waals surface area contributed by atoms with E-state index in [0.29, 0.717) is 36.8 Å². The summed E-state index contributed by atoms with van der Waals surface area (Å²) in [5.41, 5.74) is 2.81. The molecule has 7 heteroatoms. The van der Waals surface area contributed by atoms with Gasteiger partial charge in [-0.3, -0.25) is 4.84 Å². The third-order valence-electron chi connectivity index (χ3n) is 10.1. The molecule has 0 saturated heterocycles. The summed E-state index contributed by atoms with van der Waals surface area (Å²) in [5, 5.41) is 17.5. The van der Waals surface area contributed by atoms with Gasteiger partial charge in [0.1, 0.15) is 6.67 Å². The molecule has 192 valence electrons. The maximum absolute atomic E-state index is 12.9. The molecule has 0 unspecified atom stereocenters. The van der Waals surface area contributed by atoms with E-state index in [9.17, 15) is 14.3 Å². The number of likely N-dealkylation sites (N-methyl/N-ethyl adjacent to an activating group) is 1. The molecule has 3 fully saturated rings. The average Bonchev–Trinajstić information content (AvgIpc) is 3.17. The summed E-state index contributed by atoms with van der Waals surface area (Å²) in [4.78, 5) is 19.1. The minimum atomic E-state index is -0.597. The highest BCUT2D eigenvalue weighted by atomic mass is 19.1. The summed E-state index contributed by atoms with van der Waals surface area (Å²) in [7, 11) is 1.80. The lowest BCUT2D eigenvalue weighted by atomic mass is 9.47. The van der Waals surface area contributed by atoms with E-state index in [-0.39, 0.29) is 23.5 Å². The molecule has 2 N–H and O–H groups in total. The van der Waals surface area contributed by atoms with Crippen molar-refractivity contribution in [1.82, 2.24) is 10.2 Å². The lowest BCUT2D eigenvalue weighted by Crippen LogP contribution is -2.50. The minimum absolute atomic E-state index is 0.0205. The average molecular weight is 478 g/mol. The maximum atomic E-state index is 12.9. The first kappa shape index (κ1) is 25.6. The second-order valence-corrected chi connectivity index (χ2v) is 11.7. The molecule has 7 atom stereocenters. The number of hydrogen-bond acceptors (Lipinski definition) is 5. The number of nitrogens with one attached hydrogen (secondary N) is 1. The van der Waals surface area contributed by atoms with Crippen LogP contribution in [0, 0.1) is 34.5 Å².